The average molecular weight is 213 g/mol. The molecule has 0 heterocycles. The van der Waals surface area contributed by atoms with Gasteiger partial charge in [-0.15, -0.1) is 0 Å². The lowest BCUT2D eigenvalue weighted by molar-refractivity contribution is 0.357. The van der Waals surface area contributed by atoms with Gasteiger partial charge in [0.25, 0.3) is 0 Å². The number of nitriles is 1. The van der Waals surface area contributed by atoms with Crippen molar-refractivity contribution in [2.24, 2.45) is 0 Å². The molecule has 0 amide bonds. The van der Waals surface area contributed by atoms with Crippen LogP contribution in [0.1, 0.15) is 11.6 Å². The molecule has 1 aromatic carbocycles. The highest BCUT2D eigenvalue weighted by atomic mass is 35.5. The topological polar surface area (TPSA) is 27.0 Å². The van der Waals surface area contributed by atoms with Crippen molar-refractivity contribution in [1.82, 2.24) is 4.90 Å². The Morgan fingerprint density at radius 3 is 2.57 bits per heavy atom. The fourth-order valence-corrected chi connectivity index (χ4v) is 1.29. The van der Waals surface area contributed by atoms with Crippen LogP contribution in [0.15, 0.2) is 18.2 Å². The van der Waals surface area contributed by atoms with Gasteiger partial charge in [-0.05, 0) is 31.8 Å². The van der Waals surface area contributed by atoms with Crippen molar-refractivity contribution in [3.8, 4) is 6.07 Å². The number of nitrogens with zero attached hydrogens (tertiary/aromatic N) is 2. The van der Waals surface area contributed by atoms with Gasteiger partial charge in [0.05, 0.1) is 11.1 Å². The molecule has 0 radical (unpaired) electrons. The molecule has 0 N–H and O–H groups in total. The Morgan fingerprint density at radius 2 is 2.14 bits per heavy atom. The lowest BCUT2D eigenvalue weighted by Crippen LogP contribution is -2.18. The minimum atomic E-state index is -0.494. The summed E-state index contributed by atoms with van der Waals surface area (Å²) in [6, 6.07) is 6.04. The van der Waals surface area contributed by atoms with Crippen molar-refractivity contribution >= 4 is 11.6 Å². The first-order valence-corrected chi connectivity index (χ1v) is 4.45. The highest BCUT2D eigenvalue weighted by Gasteiger charge is 2.14. The van der Waals surface area contributed by atoms with Crippen LogP contribution in [-0.2, 0) is 0 Å². The maximum Gasteiger partial charge on any atom is 0.142 e. The Kier molecular flexibility index (Phi) is 3.45. The molecule has 0 saturated heterocycles. The van der Waals surface area contributed by atoms with Gasteiger partial charge in [0.1, 0.15) is 11.9 Å². The first-order chi connectivity index (χ1) is 6.56. The van der Waals surface area contributed by atoms with Crippen LogP contribution in [-0.4, -0.2) is 19.0 Å². The summed E-state index contributed by atoms with van der Waals surface area (Å²) in [6.45, 7) is 0. The summed E-state index contributed by atoms with van der Waals surface area (Å²) in [5.41, 5.74) is 0.611. The highest BCUT2D eigenvalue weighted by molar-refractivity contribution is 6.30. The zero-order valence-corrected chi connectivity index (χ0v) is 8.72. The van der Waals surface area contributed by atoms with Gasteiger partial charge in [0.2, 0.25) is 0 Å². The molecule has 4 heteroatoms. The molecule has 1 aromatic rings. The summed E-state index contributed by atoms with van der Waals surface area (Å²) in [5, 5.41) is 8.94. The van der Waals surface area contributed by atoms with E-state index in [1.165, 1.54) is 12.1 Å². The Balaban J connectivity index is 3.08. The molecule has 2 nitrogen and oxygen atoms in total. The number of halogens is 2. The normalized spacial score (nSPS) is 12.6. The van der Waals surface area contributed by atoms with Crippen molar-refractivity contribution in [3.63, 3.8) is 0 Å². The second kappa shape index (κ2) is 4.41. The monoisotopic (exact) mass is 212 g/mol. The first kappa shape index (κ1) is 11.0. The van der Waals surface area contributed by atoms with E-state index in [2.05, 4.69) is 6.07 Å². The second-order valence-electron chi connectivity index (χ2n) is 3.17. The van der Waals surface area contributed by atoms with Crippen LogP contribution in [0.4, 0.5) is 4.39 Å². The van der Waals surface area contributed by atoms with E-state index in [0.29, 0.717) is 5.56 Å². The zero-order valence-electron chi connectivity index (χ0n) is 7.96. The van der Waals surface area contributed by atoms with Gasteiger partial charge in [-0.1, -0.05) is 17.7 Å². The molecular weight excluding hydrogens is 203 g/mol. The smallest absolute Gasteiger partial charge is 0.142 e. The molecule has 0 aromatic heterocycles. The molecule has 0 aliphatic rings. The molecule has 0 fully saturated rings. The largest absolute Gasteiger partial charge is 0.291 e. The van der Waals surface area contributed by atoms with Crippen molar-refractivity contribution in [2.45, 2.75) is 6.04 Å². The minimum absolute atomic E-state index is 0.0733. The summed E-state index contributed by atoms with van der Waals surface area (Å²) in [7, 11) is 3.53. The van der Waals surface area contributed by atoms with Crippen molar-refractivity contribution in [1.29, 1.82) is 5.26 Å². The highest BCUT2D eigenvalue weighted by Crippen LogP contribution is 2.22. The van der Waals surface area contributed by atoms with Crippen molar-refractivity contribution in [3.05, 3.63) is 34.6 Å². The number of hydrogen-bond acceptors (Lipinski definition) is 2. The maximum absolute atomic E-state index is 13.1. The van der Waals surface area contributed by atoms with Crippen LogP contribution in [0.3, 0.4) is 0 Å². The molecule has 1 atom stereocenters. The van der Waals surface area contributed by atoms with Crippen LogP contribution in [0.25, 0.3) is 0 Å². The maximum atomic E-state index is 13.1. The number of benzene rings is 1. The predicted octanol–water partition coefficient (Wildman–Crippen LogP) is 2.61. The predicted molar refractivity (Wildman–Crippen MR) is 53.5 cm³/mol. The van der Waals surface area contributed by atoms with E-state index in [4.69, 9.17) is 16.9 Å². The Hall–Kier alpha value is -1.11. The summed E-state index contributed by atoms with van der Waals surface area (Å²) >= 11 is 5.54. The van der Waals surface area contributed by atoms with Crippen molar-refractivity contribution in [2.75, 3.05) is 14.1 Å². The fraction of sp³-hybridized carbons (Fsp3) is 0.300. The summed E-state index contributed by atoms with van der Waals surface area (Å²) < 4.78 is 13.1. The molecular formula is C10H10ClFN2. The van der Waals surface area contributed by atoms with Gasteiger partial charge in [-0.25, -0.2) is 4.39 Å². The van der Waals surface area contributed by atoms with E-state index < -0.39 is 11.9 Å². The molecule has 0 bridgehead atoms. The molecule has 0 unspecified atom stereocenters. The lowest BCUT2D eigenvalue weighted by atomic mass is 10.1. The van der Waals surface area contributed by atoms with E-state index >= 15 is 0 Å². The second-order valence-corrected chi connectivity index (χ2v) is 3.58. The average Bonchev–Trinajstić information content (AvgIpc) is 2.11. The zero-order chi connectivity index (χ0) is 10.7. The molecule has 0 aliphatic carbocycles. The van der Waals surface area contributed by atoms with E-state index in [1.807, 2.05) is 0 Å². The molecule has 0 spiro atoms. The Labute approximate surface area is 87.5 Å². The fourth-order valence-electron chi connectivity index (χ4n) is 1.17. The molecule has 14 heavy (non-hydrogen) atoms. The van der Waals surface area contributed by atoms with Crippen LogP contribution >= 0.6 is 11.6 Å². The van der Waals surface area contributed by atoms with Crippen molar-refractivity contribution < 1.29 is 4.39 Å². The van der Waals surface area contributed by atoms with Gasteiger partial charge in [0.15, 0.2) is 0 Å². The Morgan fingerprint density at radius 1 is 1.50 bits per heavy atom. The summed E-state index contributed by atoms with van der Waals surface area (Å²) in [4.78, 5) is 1.71. The van der Waals surface area contributed by atoms with E-state index in [1.54, 1.807) is 25.1 Å². The summed E-state index contributed by atoms with van der Waals surface area (Å²) in [6.07, 6.45) is 0. The standard InChI is InChI=1S/C10H10ClFN2/c1-14(2)10(6-13)7-3-4-8(11)9(12)5-7/h3-5,10H,1-2H3/t10-/m1/s1. The van der Waals surface area contributed by atoms with Crippen LogP contribution < -0.4 is 0 Å². The first-order valence-electron chi connectivity index (χ1n) is 4.07. The molecule has 0 aliphatic heterocycles. The molecule has 0 saturated carbocycles. The summed E-state index contributed by atoms with van der Waals surface area (Å²) in [5.74, 6) is -0.494. The SMILES string of the molecule is CN(C)[C@H](C#N)c1ccc(Cl)c(F)c1. The lowest BCUT2D eigenvalue weighted by Gasteiger charge is -2.17. The molecule has 74 valence electrons. The van der Waals surface area contributed by atoms with Crippen LogP contribution in [0.2, 0.25) is 5.02 Å². The molecule has 1 rings (SSSR count). The van der Waals surface area contributed by atoms with Gasteiger partial charge >= 0.3 is 0 Å². The minimum Gasteiger partial charge on any atom is -0.291 e. The Bertz CT molecular complexity index is 371. The van der Waals surface area contributed by atoms with Gasteiger partial charge < -0.3 is 0 Å². The quantitative estimate of drug-likeness (QED) is 0.754. The third kappa shape index (κ3) is 2.22. The van der Waals surface area contributed by atoms with E-state index in [9.17, 15) is 4.39 Å². The van der Waals surface area contributed by atoms with Crippen LogP contribution in [0, 0.1) is 17.1 Å². The third-order valence-electron chi connectivity index (χ3n) is 1.90. The number of rotatable bonds is 2. The van der Waals surface area contributed by atoms with Crippen LogP contribution in [0.5, 0.6) is 0 Å². The third-order valence-corrected chi connectivity index (χ3v) is 2.20. The number of hydrogen-bond donors (Lipinski definition) is 0. The van der Waals surface area contributed by atoms with E-state index in [0.717, 1.165) is 0 Å². The van der Waals surface area contributed by atoms with E-state index in [-0.39, 0.29) is 5.02 Å². The van der Waals surface area contributed by atoms with Gasteiger partial charge in [0, 0.05) is 0 Å². The van der Waals surface area contributed by atoms with Gasteiger partial charge in [-0.2, -0.15) is 5.26 Å². The van der Waals surface area contributed by atoms with Gasteiger partial charge in [-0.3, -0.25) is 4.90 Å².